The smallest absolute Gasteiger partial charge is 0.338 e. The Morgan fingerprint density at radius 3 is 1.65 bits per heavy atom. The van der Waals surface area contributed by atoms with Crippen molar-refractivity contribution in [2.45, 2.75) is 19.3 Å². The van der Waals surface area contributed by atoms with Gasteiger partial charge < -0.3 is 42.8 Å². The van der Waals surface area contributed by atoms with E-state index in [1.165, 1.54) is 42.7 Å². The summed E-state index contributed by atoms with van der Waals surface area (Å²) in [6.07, 6.45) is 2.64. The lowest BCUT2D eigenvalue weighted by Gasteiger charge is -2.32. The molecule has 0 N–H and O–H groups in total. The van der Waals surface area contributed by atoms with Gasteiger partial charge >= 0.3 is 11.9 Å². The fourth-order valence-electron chi connectivity index (χ4n) is 4.70. The Hall–Kier alpha value is -3.86. The molecule has 2 aromatic carbocycles. The molecule has 1 fully saturated rings. The Balaban J connectivity index is 1.46. The first kappa shape index (κ1) is 30.7. The molecule has 0 radical (unpaired) electrons. The minimum Gasteiger partial charge on any atom is -0.493 e. The summed E-state index contributed by atoms with van der Waals surface area (Å²) in [7, 11) is 8.99. The van der Waals surface area contributed by atoms with Crippen LogP contribution in [0.15, 0.2) is 24.3 Å². The number of methoxy groups -OCH3 is 6. The quantitative estimate of drug-likeness (QED) is 0.248. The third-order valence-corrected chi connectivity index (χ3v) is 6.71. The largest absolute Gasteiger partial charge is 0.493 e. The zero-order chi connectivity index (χ0) is 29.1. The van der Waals surface area contributed by atoms with Gasteiger partial charge in [-0.25, -0.2) is 9.59 Å². The van der Waals surface area contributed by atoms with Crippen LogP contribution < -0.4 is 28.4 Å². The van der Waals surface area contributed by atoms with Crippen molar-refractivity contribution in [3.63, 3.8) is 0 Å². The van der Waals surface area contributed by atoms with Crippen LogP contribution in [-0.4, -0.2) is 92.3 Å². The third kappa shape index (κ3) is 7.62. The first-order valence-electron chi connectivity index (χ1n) is 13.1. The summed E-state index contributed by atoms with van der Waals surface area (Å²) in [5.74, 6) is 1.69. The van der Waals surface area contributed by atoms with E-state index in [0.29, 0.717) is 58.7 Å². The molecule has 11 nitrogen and oxygen atoms in total. The second-order valence-electron chi connectivity index (χ2n) is 9.22. The van der Waals surface area contributed by atoms with Crippen LogP contribution in [0.2, 0.25) is 0 Å². The lowest BCUT2D eigenvalue weighted by atomic mass is 9.99. The maximum atomic E-state index is 12.8. The second kappa shape index (κ2) is 15.1. The van der Waals surface area contributed by atoms with Gasteiger partial charge in [-0.15, -0.1) is 0 Å². The highest BCUT2D eigenvalue weighted by molar-refractivity contribution is 5.91. The molecule has 0 spiro atoms. The monoisotopic (exact) mass is 561 g/mol. The minimum absolute atomic E-state index is 0.210. The number of esters is 2. The van der Waals surface area contributed by atoms with Gasteiger partial charge in [-0.1, -0.05) is 0 Å². The van der Waals surface area contributed by atoms with E-state index in [1.54, 1.807) is 24.3 Å². The standard InChI is InChI=1S/C29H39NO10/c1-33-22-13-20(14-23(34-2)26(22)37-5)28(31)39-12-8-11-30-10-7-9-19(17-30)18-40-29(32)21-15-24(35-3)27(38-6)25(16-21)36-4/h13-16,19H,7-12,17-18H2,1-6H3. The molecule has 1 atom stereocenters. The number of rotatable bonds is 14. The van der Waals surface area contributed by atoms with Gasteiger partial charge in [-0.2, -0.15) is 0 Å². The number of hydrogen-bond donors (Lipinski definition) is 0. The normalized spacial score (nSPS) is 15.1. The average Bonchev–Trinajstić information content (AvgIpc) is 3.00. The van der Waals surface area contributed by atoms with Gasteiger partial charge in [0.05, 0.1) is 67.0 Å². The van der Waals surface area contributed by atoms with Gasteiger partial charge in [0.1, 0.15) is 0 Å². The third-order valence-electron chi connectivity index (χ3n) is 6.71. The zero-order valence-corrected chi connectivity index (χ0v) is 24.1. The van der Waals surface area contributed by atoms with Crippen molar-refractivity contribution in [2.24, 2.45) is 5.92 Å². The number of hydrogen-bond acceptors (Lipinski definition) is 11. The number of piperidine rings is 1. The molecule has 0 aliphatic carbocycles. The molecule has 1 unspecified atom stereocenters. The fourth-order valence-corrected chi connectivity index (χ4v) is 4.70. The van der Waals surface area contributed by atoms with Gasteiger partial charge in [-0.3, -0.25) is 0 Å². The maximum absolute atomic E-state index is 12.8. The van der Waals surface area contributed by atoms with E-state index in [9.17, 15) is 9.59 Å². The Morgan fingerprint density at radius 2 is 1.20 bits per heavy atom. The van der Waals surface area contributed by atoms with Crippen LogP contribution in [-0.2, 0) is 9.47 Å². The predicted octanol–water partition coefficient (Wildman–Crippen LogP) is 3.85. The molecule has 1 saturated heterocycles. The zero-order valence-electron chi connectivity index (χ0n) is 24.1. The van der Waals surface area contributed by atoms with E-state index < -0.39 is 11.9 Å². The Bertz CT molecular complexity index is 1100. The number of carbonyl (C=O) groups excluding carboxylic acids is 2. The highest BCUT2D eigenvalue weighted by atomic mass is 16.5. The summed E-state index contributed by atoms with van der Waals surface area (Å²) < 4.78 is 43.0. The van der Waals surface area contributed by atoms with E-state index in [4.69, 9.17) is 37.9 Å². The van der Waals surface area contributed by atoms with Crippen LogP contribution in [0.25, 0.3) is 0 Å². The van der Waals surface area contributed by atoms with Gasteiger partial charge in [0.25, 0.3) is 0 Å². The minimum atomic E-state index is -0.463. The van der Waals surface area contributed by atoms with E-state index in [1.807, 2.05) is 0 Å². The summed E-state index contributed by atoms with van der Waals surface area (Å²) >= 11 is 0. The molecule has 2 aromatic rings. The summed E-state index contributed by atoms with van der Waals surface area (Å²) in [5, 5.41) is 0. The van der Waals surface area contributed by atoms with E-state index in [-0.39, 0.29) is 12.5 Å². The van der Waals surface area contributed by atoms with Crippen molar-refractivity contribution in [1.82, 2.24) is 4.90 Å². The van der Waals surface area contributed by atoms with Crippen LogP contribution >= 0.6 is 0 Å². The summed E-state index contributed by atoms with van der Waals surface area (Å²) in [4.78, 5) is 27.7. The number of nitrogens with zero attached hydrogens (tertiary/aromatic N) is 1. The first-order valence-corrected chi connectivity index (χ1v) is 13.1. The van der Waals surface area contributed by atoms with Gasteiger partial charge in [0, 0.05) is 19.0 Å². The number of likely N-dealkylation sites (tertiary alicyclic amines) is 1. The fraction of sp³-hybridized carbons (Fsp3) is 0.517. The maximum Gasteiger partial charge on any atom is 0.338 e. The van der Waals surface area contributed by atoms with Crippen LogP contribution in [0.3, 0.4) is 0 Å². The molecular formula is C29H39NO10. The molecule has 1 aliphatic heterocycles. The molecule has 220 valence electrons. The van der Waals surface area contributed by atoms with Gasteiger partial charge in [0.15, 0.2) is 23.0 Å². The molecule has 0 aromatic heterocycles. The number of carbonyl (C=O) groups is 2. The molecule has 1 heterocycles. The molecule has 11 heteroatoms. The average molecular weight is 562 g/mol. The van der Waals surface area contributed by atoms with Gasteiger partial charge in [-0.05, 0) is 50.1 Å². The van der Waals surface area contributed by atoms with Crippen LogP contribution in [0.4, 0.5) is 0 Å². The van der Waals surface area contributed by atoms with Crippen LogP contribution in [0.1, 0.15) is 40.0 Å². The molecule has 0 saturated carbocycles. The van der Waals surface area contributed by atoms with Crippen molar-refractivity contribution in [3.05, 3.63) is 35.4 Å². The molecular weight excluding hydrogens is 522 g/mol. The van der Waals surface area contributed by atoms with E-state index in [2.05, 4.69) is 4.90 Å². The Morgan fingerprint density at radius 1 is 0.725 bits per heavy atom. The highest BCUT2D eigenvalue weighted by Gasteiger charge is 2.23. The van der Waals surface area contributed by atoms with Crippen molar-refractivity contribution < 1.29 is 47.5 Å². The highest BCUT2D eigenvalue weighted by Crippen LogP contribution is 2.39. The van der Waals surface area contributed by atoms with Crippen molar-refractivity contribution in [2.75, 3.05) is 75.5 Å². The molecule has 0 amide bonds. The summed E-state index contributed by atoms with van der Waals surface area (Å²) in [5.41, 5.74) is 0.650. The topological polar surface area (TPSA) is 111 Å². The summed E-state index contributed by atoms with van der Waals surface area (Å²) in [6.45, 7) is 3.08. The Kier molecular flexibility index (Phi) is 11.6. The molecule has 1 aliphatic rings. The molecule has 3 rings (SSSR count). The number of ether oxygens (including phenoxy) is 8. The van der Waals surface area contributed by atoms with E-state index >= 15 is 0 Å². The molecule has 40 heavy (non-hydrogen) atoms. The van der Waals surface area contributed by atoms with E-state index in [0.717, 1.165) is 32.5 Å². The van der Waals surface area contributed by atoms with Crippen molar-refractivity contribution in [1.29, 1.82) is 0 Å². The van der Waals surface area contributed by atoms with Crippen LogP contribution in [0, 0.1) is 5.92 Å². The summed E-state index contributed by atoms with van der Waals surface area (Å²) in [6, 6.07) is 6.29. The SMILES string of the molecule is COc1cc(C(=O)OCCCN2CCCC(COC(=O)c3cc(OC)c(OC)c(OC)c3)C2)cc(OC)c1OC. The second-order valence-corrected chi connectivity index (χ2v) is 9.22. The number of benzene rings is 2. The van der Waals surface area contributed by atoms with Gasteiger partial charge in [0.2, 0.25) is 11.5 Å². The lowest BCUT2D eigenvalue weighted by molar-refractivity contribution is 0.0341. The Labute approximate surface area is 235 Å². The lowest BCUT2D eigenvalue weighted by Crippen LogP contribution is -2.38. The van der Waals surface area contributed by atoms with Crippen LogP contribution in [0.5, 0.6) is 34.5 Å². The first-order chi connectivity index (χ1) is 19.4. The predicted molar refractivity (Wildman–Crippen MR) is 147 cm³/mol. The van der Waals surface area contributed by atoms with Crippen molar-refractivity contribution in [3.8, 4) is 34.5 Å². The van der Waals surface area contributed by atoms with Crippen molar-refractivity contribution >= 4 is 11.9 Å². The molecule has 0 bridgehead atoms.